The van der Waals surface area contributed by atoms with Crippen LogP contribution in [0.25, 0.3) is 0 Å². The standard InChI is InChI=1S/C80H128O39/c1-31(18-21-81)12-11-13-34(25-82)66(103)113-46-24-80(74(104)119-73-65(56(97)50(91)39(27-84)111-73)118-71-61(102)63(116-70-60(101)53(94)49(90)38(26-83)109-70)62(33(3)108-71)115-69-58(99)51(92)40(28-85)110-69)36(22-75(46,4)5)35-14-15-43-77(8)19-17-45(76(6,7)42(77)16-20-78(43,9)79(35,10)23-44(80)87)114-68-59(100)54(95)52(93)41(112-68)30-106-72-64(55(96)47(88)32(2)107-72)117-67-57(98)48(89)37(86)29-105-67/h13-14,18,32-33,36-65,67-73,81-102H,11-12,15-17,19-30H2,1-10H3/b31-18+,34-13+/t32-,33+,36+,37-,38-,39-,40+,41-,42+,43-,44-,45+,46+,47+,48+,49-,50-,51+,52-,53+,54+,55+,56+,57-,58-,59-,60-,61-,62+,63+,64-,65-,67+,68+,69+,70+,71+,72-,73+,77+,78-,79-,80-/m1/s1. The second kappa shape index (κ2) is 37.2. The number of aliphatic hydroxyl groups excluding tert-OH is 22. The molecule has 5 aliphatic carbocycles. The highest BCUT2D eigenvalue weighted by Crippen LogP contribution is 2.76. The number of carbonyl (C=O) groups excluding carboxylic acids is 2. The van der Waals surface area contributed by atoms with Crippen molar-refractivity contribution in [1.29, 1.82) is 0 Å². The fourth-order valence-electron chi connectivity index (χ4n) is 21.7. The van der Waals surface area contributed by atoms with Gasteiger partial charge >= 0.3 is 11.9 Å². The predicted molar refractivity (Wildman–Crippen MR) is 398 cm³/mol. The normalized spacial score (nSPS) is 50.7. The zero-order chi connectivity index (χ0) is 87.2. The van der Waals surface area contributed by atoms with Crippen LogP contribution in [0.3, 0.4) is 0 Å². The third kappa shape index (κ3) is 17.5. The molecule has 0 aromatic carbocycles. The van der Waals surface area contributed by atoms with Gasteiger partial charge in [-0.3, -0.25) is 4.79 Å². The molecule has 12 aliphatic rings. The van der Waals surface area contributed by atoms with Crippen LogP contribution in [0.2, 0.25) is 0 Å². The van der Waals surface area contributed by atoms with Crippen LogP contribution >= 0.6 is 0 Å². The average Bonchev–Trinajstić information content (AvgIpc) is 0.846. The third-order valence-corrected chi connectivity index (χ3v) is 29.1. The maximum Gasteiger partial charge on any atom is 0.336 e. The molecule has 0 unspecified atom stereocenters. The van der Waals surface area contributed by atoms with Crippen molar-refractivity contribution in [2.24, 2.45) is 50.2 Å². The van der Waals surface area contributed by atoms with E-state index in [4.69, 9.17) is 71.1 Å². The Labute approximate surface area is 688 Å². The highest BCUT2D eigenvalue weighted by Gasteiger charge is 2.74. The zero-order valence-corrected chi connectivity index (χ0v) is 68.5. The largest absolute Gasteiger partial charge is 0.458 e. The number of rotatable bonds is 25. The number of allylic oxidation sites excluding steroid dienone is 4. The molecule has 22 N–H and O–H groups in total. The Morgan fingerprint density at radius 2 is 1.01 bits per heavy atom. The molecule has 39 nitrogen and oxygen atoms in total. The van der Waals surface area contributed by atoms with Gasteiger partial charge in [0.2, 0.25) is 6.29 Å². The summed E-state index contributed by atoms with van der Waals surface area (Å²) in [5, 5.41) is 243. The molecule has 7 heterocycles. The molecule has 11 fully saturated rings. The minimum Gasteiger partial charge on any atom is -0.458 e. The molecule has 7 saturated heterocycles. The van der Waals surface area contributed by atoms with Gasteiger partial charge in [-0.15, -0.1) is 0 Å². The predicted octanol–water partition coefficient (Wildman–Crippen LogP) is -6.10. The lowest BCUT2D eigenvalue weighted by Crippen LogP contribution is -2.70. The van der Waals surface area contributed by atoms with Crippen LogP contribution < -0.4 is 0 Å². The minimum absolute atomic E-state index is 0.0326. The summed E-state index contributed by atoms with van der Waals surface area (Å²) in [4.78, 5) is 31.1. The van der Waals surface area contributed by atoms with Crippen molar-refractivity contribution in [3.8, 4) is 0 Å². The number of aliphatic hydroxyl groups is 22. The average molecular weight is 1710 g/mol. The Hall–Kier alpha value is -3.24. The van der Waals surface area contributed by atoms with E-state index in [-0.39, 0.29) is 43.3 Å². The van der Waals surface area contributed by atoms with Gasteiger partial charge in [-0.1, -0.05) is 77.8 Å². The molecule has 119 heavy (non-hydrogen) atoms. The lowest BCUT2D eigenvalue weighted by Gasteiger charge is -2.72. The van der Waals surface area contributed by atoms with Gasteiger partial charge in [-0.2, -0.15) is 0 Å². The second-order valence-corrected chi connectivity index (χ2v) is 37.0. The van der Waals surface area contributed by atoms with Crippen LogP contribution in [0.15, 0.2) is 34.9 Å². The van der Waals surface area contributed by atoms with E-state index in [1.807, 2.05) is 13.8 Å². The SMILES string of the molecule is C/C(=C\CO)CC/C=C(\CO)C(=O)O[C@H]1C[C@]2(C(=O)O[C@@H]3O[C@H](CO)[C@@H](O)[C@H](O)[C@H]3O[C@@H]3O[C@@H](C)[C@H](O[C@@H]4O[C@@H](CO)[C@H](O)[C@H]4O)[C@@H](O[C@@H]4O[C@H](CO)[C@@H](O)[C@H](O)[C@H]4O)[C@H]3O)[C@H](O)C[C@]3(C)C(=CC[C@@H]4[C@@]5(C)CC[C@H](O[C@@H]6O[C@H](CO[C@@H]7O[C@H](C)[C@H](O)[C@H](O)[C@H]7O[C@@H]7OC[C@@H](O)[C@H](O)[C@H]7O)[C@@H](O)[C@H](O)[C@H]6O)C(C)(C)[C@@H]5CC[C@]43C)[C@@H]2CC1(C)C. The highest BCUT2D eigenvalue weighted by atomic mass is 16.8. The van der Waals surface area contributed by atoms with Crippen molar-refractivity contribution >= 4 is 11.9 Å². The first kappa shape index (κ1) is 94.9. The Bertz CT molecular complexity index is 3510. The number of hydrogen-bond acceptors (Lipinski definition) is 39. The van der Waals surface area contributed by atoms with Gasteiger partial charge in [0.25, 0.3) is 0 Å². The Morgan fingerprint density at radius 3 is 1.63 bits per heavy atom. The van der Waals surface area contributed by atoms with E-state index in [2.05, 4.69) is 40.7 Å². The van der Waals surface area contributed by atoms with Crippen molar-refractivity contribution < 1.29 is 193 Å². The molecule has 12 rings (SSSR count). The highest BCUT2D eigenvalue weighted by molar-refractivity contribution is 5.89. The molecule has 0 spiro atoms. The summed E-state index contributed by atoms with van der Waals surface area (Å²) in [7, 11) is 0. The molecular weight excluding hydrogens is 1580 g/mol. The van der Waals surface area contributed by atoms with Crippen molar-refractivity contribution in [3.05, 3.63) is 34.9 Å². The fourth-order valence-corrected chi connectivity index (χ4v) is 21.7. The molecule has 0 radical (unpaired) electrons. The summed E-state index contributed by atoms with van der Waals surface area (Å²) in [6.45, 7) is 14.2. The molecule has 0 aromatic heterocycles. The number of ether oxygens (including phenoxy) is 15. The van der Waals surface area contributed by atoms with Gasteiger partial charge in [0.1, 0.15) is 152 Å². The zero-order valence-electron chi connectivity index (χ0n) is 68.5. The Balaban J connectivity index is 0.826. The van der Waals surface area contributed by atoms with Gasteiger partial charge in [0, 0.05) is 11.8 Å². The van der Waals surface area contributed by atoms with Crippen molar-refractivity contribution in [1.82, 2.24) is 0 Å². The van der Waals surface area contributed by atoms with Crippen LogP contribution in [-0.2, 0) is 80.6 Å². The number of esters is 2. The van der Waals surface area contributed by atoms with E-state index in [0.717, 1.165) is 11.1 Å². The quantitative estimate of drug-likeness (QED) is 0.0175. The molecule has 7 aliphatic heterocycles. The van der Waals surface area contributed by atoms with E-state index in [0.29, 0.717) is 38.5 Å². The molecular formula is C80H128O39. The van der Waals surface area contributed by atoms with Crippen molar-refractivity contribution in [2.45, 2.75) is 354 Å². The van der Waals surface area contributed by atoms with E-state index in [1.54, 1.807) is 13.0 Å². The molecule has 0 amide bonds. The molecule has 0 aromatic rings. The third-order valence-electron chi connectivity index (χ3n) is 29.1. The second-order valence-electron chi connectivity index (χ2n) is 37.0. The van der Waals surface area contributed by atoms with Gasteiger partial charge in [-0.05, 0) is 118 Å². The van der Waals surface area contributed by atoms with Crippen molar-refractivity contribution in [3.63, 3.8) is 0 Å². The Kier molecular flexibility index (Phi) is 29.7. The van der Waals surface area contributed by atoms with Crippen LogP contribution in [0.1, 0.15) is 133 Å². The topological polar surface area (TPSA) is 618 Å². The molecule has 682 valence electrons. The summed E-state index contributed by atoms with van der Waals surface area (Å²) < 4.78 is 91.3. The van der Waals surface area contributed by atoms with E-state index >= 15 is 4.79 Å². The van der Waals surface area contributed by atoms with E-state index < -0.39 is 317 Å². The first-order chi connectivity index (χ1) is 55.9. The maximum atomic E-state index is 16.5. The number of hydrogen-bond donors (Lipinski definition) is 22. The van der Waals surface area contributed by atoms with Crippen LogP contribution in [0, 0.1) is 50.2 Å². The fraction of sp³-hybridized carbons (Fsp3) is 0.900. The first-order valence-corrected chi connectivity index (χ1v) is 41.5. The lowest BCUT2D eigenvalue weighted by atomic mass is 9.33. The summed E-state index contributed by atoms with van der Waals surface area (Å²) in [6, 6.07) is 0. The molecule has 4 saturated carbocycles. The number of carbonyl (C=O) groups is 2. The minimum atomic E-state index is -2.24. The van der Waals surface area contributed by atoms with Gasteiger partial charge in [-0.25, -0.2) is 4.79 Å². The van der Waals surface area contributed by atoms with E-state index in [1.165, 1.54) is 19.9 Å². The van der Waals surface area contributed by atoms with Gasteiger partial charge in [0.15, 0.2) is 43.8 Å². The summed E-state index contributed by atoms with van der Waals surface area (Å²) in [6.07, 6.45) is -54.1. The first-order valence-electron chi connectivity index (χ1n) is 41.5. The molecule has 39 heteroatoms. The summed E-state index contributed by atoms with van der Waals surface area (Å²) in [5.74, 6) is -3.35. The van der Waals surface area contributed by atoms with Crippen molar-refractivity contribution in [2.75, 3.05) is 46.2 Å². The molecule has 43 atom stereocenters. The lowest BCUT2D eigenvalue weighted by molar-refractivity contribution is -0.390. The van der Waals surface area contributed by atoms with Gasteiger partial charge < -0.3 is 183 Å². The summed E-state index contributed by atoms with van der Waals surface area (Å²) >= 11 is 0. The number of fused-ring (bicyclic) bond motifs is 7. The van der Waals surface area contributed by atoms with E-state index in [9.17, 15) is 117 Å². The smallest absolute Gasteiger partial charge is 0.336 e. The van der Waals surface area contributed by atoms with Crippen LogP contribution in [0.4, 0.5) is 0 Å². The van der Waals surface area contributed by atoms with Crippen LogP contribution in [0.5, 0.6) is 0 Å². The van der Waals surface area contributed by atoms with Gasteiger partial charge in [0.05, 0.1) is 76.2 Å². The summed E-state index contributed by atoms with van der Waals surface area (Å²) in [5.41, 5.74) is -4.55. The maximum absolute atomic E-state index is 16.5. The molecule has 0 bridgehead atoms. The monoisotopic (exact) mass is 1710 g/mol. The van der Waals surface area contributed by atoms with Crippen LogP contribution in [-0.4, -0.2) is 392 Å². The Morgan fingerprint density at radius 1 is 0.487 bits per heavy atom.